The first-order chi connectivity index (χ1) is 8.56. The quantitative estimate of drug-likeness (QED) is 0.584. The van der Waals surface area contributed by atoms with Crippen molar-refractivity contribution in [2.75, 3.05) is 11.5 Å². The lowest BCUT2D eigenvalue weighted by molar-refractivity contribution is 0.726. The second kappa shape index (κ2) is 5.55. The molecule has 0 aliphatic carbocycles. The summed E-state index contributed by atoms with van der Waals surface area (Å²) >= 11 is 3.15. The molecule has 18 heavy (non-hydrogen) atoms. The normalized spacial score (nSPS) is 14.3. The maximum Gasteiger partial charge on any atom is 0.192 e. The van der Waals surface area contributed by atoms with Crippen molar-refractivity contribution >= 4 is 34.7 Å². The second-order valence-electron chi connectivity index (χ2n) is 3.91. The molecule has 2 heterocycles. The third kappa shape index (κ3) is 3.12. The standard InChI is InChI=1S/C11H15N5S2/c1-6(12)10(7-3-2-4-17-7)18-11-15-8(13)5-9(14)16-11/h2-6,10H,12H2,1H3,(H4,13,14,15,16). The molecule has 2 atom stereocenters. The predicted molar refractivity (Wildman–Crippen MR) is 77.4 cm³/mol. The smallest absolute Gasteiger partial charge is 0.192 e. The molecule has 0 radical (unpaired) electrons. The first-order valence-corrected chi connectivity index (χ1v) is 7.18. The van der Waals surface area contributed by atoms with Crippen LogP contribution < -0.4 is 17.2 Å². The van der Waals surface area contributed by atoms with Crippen LogP contribution in [-0.2, 0) is 0 Å². The monoisotopic (exact) mass is 281 g/mol. The SMILES string of the molecule is CC(N)C(Sc1nc(N)cc(N)n1)c1cccs1. The predicted octanol–water partition coefficient (Wildman–Crippen LogP) is 1.88. The molecule has 96 valence electrons. The van der Waals surface area contributed by atoms with E-state index in [-0.39, 0.29) is 11.3 Å². The summed E-state index contributed by atoms with van der Waals surface area (Å²) in [5, 5.41) is 2.69. The molecule has 0 bridgehead atoms. The minimum absolute atomic E-state index is 0.0140. The number of anilines is 2. The van der Waals surface area contributed by atoms with Gasteiger partial charge in [-0.15, -0.1) is 11.3 Å². The summed E-state index contributed by atoms with van der Waals surface area (Å²) in [5.74, 6) is 0.749. The molecule has 0 aliphatic rings. The summed E-state index contributed by atoms with van der Waals surface area (Å²) < 4.78 is 0. The van der Waals surface area contributed by atoms with Gasteiger partial charge in [-0.1, -0.05) is 17.8 Å². The molecule has 2 aromatic rings. The Hall–Kier alpha value is -1.31. The molecule has 2 unspecified atom stereocenters. The molecule has 0 spiro atoms. The highest BCUT2D eigenvalue weighted by Crippen LogP contribution is 2.38. The zero-order valence-corrected chi connectivity index (χ0v) is 11.5. The van der Waals surface area contributed by atoms with Gasteiger partial charge in [0.2, 0.25) is 0 Å². The molecule has 2 rings (SSSR count). The van der Waals surface area contributed by atoms with E-state index in [1.807, 2.05) is 18.4 Å². The third-order valence-corrected chi connectivity index (χ3v) is 4.71. The fourth-order valence-corrected chi connectivity index (χ4v) is 3.59. The lowest BCUT2D eigenvalue weighted by atomic mass is 10.2. The minimum atomic E-state index is -0.0140. The minimum Gasteiger partial charge on any atom is -0.383 e. The highest BCUT2D eigenvalue weighted by Gasteiger charge is 2.20. The van der Waals surface area contributed by atoms with Crippen LogP contribution in [0.4, 0.5) is 11.6 Å². The summed E-state index contributed by atoms with van der Waals surface area (Å²) in [6.07, 6.45) is 0. The molecular formula is C11H15N5S2. The summed E-state index contributed by atoms with van der Waals surface area (Å²) in [5.41, 5.74) is 17.3. The van der Waals surface area contributed by atoms with Gasteiger partial charge in [0.1, 0.15) is 11.6 Å². The first-order valence-electron chi connectivity index (χ1n) is 5.42. The fourth-order valence-electron chi connectivity index (χ4n) is 1.51. The highest BCUT2D eigenvalue weighted by atomic mass is 32.2. The van der Waals surface area contributed by atoms with Crippen LogP contribution in [0.15, 0.2) is 28.7 Å². The van der Waals surface area contributed by atoms with Gasteiger partial charge in [0.05, 0.1) is 5.25 Å². The van der Waals surface area contributed by atoms with Gasteiger partial charge in [0.15, 0.2) is 5.16 Å². The van der Waals surface area contributed by atoms with E-state index in [4.69, 9.17) is 17.2 Å². The number of aromatic nitrogens is 2. The van der Waals surface area contributed by atoms with Crippen molar-refractivity contribution in [3.63, 3.8) is 0 Å². The van der Waals surface area contributed by atoms with Crippen LogP contribution in [-0.4, -0.2) is 16.0 Å². The maximum atomic E-state index is 6.02. The van der Waals surface area contributed by atoms with Crippen LogP contribution in [0.5, 0.6) is 0 Å². The number of thiophene rings is 1. The lowest BCUT2D eigenvalue weighted by Gasteiger charge is -2.18. The van der Waals surface area contributed by atoms with Gasteiger partial charge < -0.3 is 17.2 Å². The van der Waals surface area contributed by atoms with Crippen molar-refractivity contribution in [1.82, 2.24) is 9.97 Å². The summed E-state index contributed by atoms with van der Waals surface area (Å²) in [6.45, 7) is 1.97. The first kappa shape index (κ1) is 13.1. The molecule has 6 N–H and O–H groups in total. The molecule has 0 aliphatic heterocycles. The van der Waals surface area contributed by atoms with E-state index < -0.39 is 0 Å². The van der Waals surface area contributed by atoms with E-state index in [2.05, 4.69) is 16.0 Å². The number of hydrogen-bond donors (Lipinski definition) is 3. The van der Waals surface area contributed by atoms with Crippen LogP contribution in [0.2, 0.25) is 0 Å². The average Bonchev–Trinajstić information content (AvgIpc) is 2.77. The topological polar surface area (TPSA) is 104 Å². The van der Waals surface area contributed by atoms with Gasteiger partial charge >= 0.3 is 0 Å². The molecular weight excluding hydrogens is 266 g/mol. The molecule has 0 fully saturated rings. The van der Waals surface area contributed by atoms with E-state index in [1.54, 1.807) is 11.3 Å². The van der Waals surface area contributed by atoms with Gasteiger partial charge in [-0.05, 0) is 18.4 Å². The van der Waals surface area contributed by atoms with E-state index >= 15 is 0 Å². The van der Waals surface area contributed by atoms with Gasteiger partial charge in [-0.2, -0.15) is 0 Å². The number of thioether (sulfide) groups is 1. The fraction of sp³-hybridized carbons (Fsp3) is 0.273. The zero-order chi connectivity index (χ0) is 13.1. The van der Waals surface area contributed by atoms with Crippen LogP contribution in [0.3, 0.4) is 0 Å². The summed E-state index contributed by atoms with van der Waals surface area (Å²) in [6, 6.07) is 5.59. The molecule has 7 heteroatoms. The number of nitrogens with two attached hydrogens (primary N) is 3. The number of nitrogen functional groups attached to an aromatic ring is 2. The Morgan fingerprint density at radius 2 is 1.94 bits per heavy atom. The summed E-state index contributed by atoms with van der Waals surface area (Å²) in [7, 11) is 0. The van der Waals surface area contributed by atoms with Gasteiger partial charge in [-0.3, -0.25) is 0 Å². The van der Waals surface area contributed by atoms with Crippen molar-refractivity contribution in [2.45, 2.75) is 23.4 Å². The zero-order valence-electron chi connectivity index (χ0n) is 9.91. The van der Waals surface area contributed by atoms with E-state index in [0.717, 1.165) is 0 Å². The van der Waals surface area contributed by atoms with Gasteiger partial charge in [0.25, 0.3) is 0 Å². The molecule has 2 aromatic heterocycles. The van der Waals surface area contributed by atoms with E-state index in [9.17, 15) is 0 Å². The van der Waals surface area contributed by atoms with Crippen molar-refractivity contribution < 1.29 is 0 Å². The van der Waals surface area contributed by atoms with Gasteiger partial charge in [-0.25, -0.2) is 9.97 Å². The van der Waals surface area contributed by atoms with Gasteiger partial charge in [0, 0.05) is 17.0 Å². The average molecular weight is 281 g/mol. The Morgan fingerprint density at radius 1 is 1.28 bits per heavy atom. The van der Waals surface area contributed by atoms with Crippen LogP contribution >= 0.6 is 23.1 Å². The van der Waals surface area contributed by atoms with E-state index in [1.165, 1.54) is 22.7 Å². The Labute approximate surface area is 114 Å². The van der Waals surface area contributed by atoms with Crippen LogP contribution in [0.25, 0.3) is 0 Å². The Morgan fingerprint density at radius 3 is 2.44 bits per heavy atom. The molecule has 0 saturated heterocycles. The Kier molecular flexibility index (Phi) is 4.05. The lowest BCUT2D eigenvalue weighted by Crippen LogP contribution is -2.22. The third-order valence-electron chi connectivity index (χ3n) is 2.28. The number of nitrogens with zero attached hydrogens (tertiary/aromatic N) is 2. The van der Waals surface area contributed by atoms with Crippen LogP contribution in [0, 0.1) is 0 Å². The van der Waals surface area contributed by atoms with Crippen LogP contribution in [0.1, 0.15) is 17.1 Å². The van der Waals surface area contributed by atoms with Crippen molar-refractivity contribution in [3.8, 4) is 0 Å². The molecule has 5 nitrogen and oxygen atoms in total. The van der Waals surface area contributed by atoms with Crippen molar-refractivity contribution in [3.05, 3.63) is 28.5 Å². The molecule has 0 saturated carbocycles. The summed E-state index contributed by atoms with van der Waals surface area (Å²) in [4.78, 5) is 9.52. The van der Waals surface area contributed by atoms with Crippen molar-refractivity contribution in [1.29, 1.82) is 0 Å². The molecule has 0 amide bonds. The Bertz CT molecular complexity index is 492. The highest BCUT2D eigenvalue weighted by molar-refractivity contribution is 7.99. The Balaban J connectivity index is 2.24. The van der Waals surface area contributed by atoms with Crippen molar-refractivity contribution in [2.24, 2.45) is 5.73 Å². The largest absolute Gasteiger partial charge is 0.383 e. The molecule has 0 aromatic carbocycles. The second-order valence-corrected chi connectivity index (χ2v) is 6.00. The maximum absolute atomic E-state index is 6.02. The van der Waals surface area contributed by atoms with E-state index in [0.29, 0.717) is 16.8 Å². The number of rotatable bonds is 4. The number of hydrogen-bond acceptors (Lipinski definition) is 7.